The first-order valence-electron chi connectivity index (χ1n) is 9.65. The smallest absolute Gasteiger partial charge is 0.271 e. The standard InChI is InChI=1S/C21H18N4O5S2/c26-18(23-24-19(27)14-3-1-7-22-11-14)4-2-8-25-20(28)17(32-21(25)31)10-13-5-6-15-16(9-13)30-12-29-15/h1,3,5-7,9-11H,2,4,8,12H2,(H,23,26)(H,24,27). The van der Waals surface area contributed by atoms with Crippen molar-refractivity contribution in [1.29, 1.82) is 0 Å². The van der Waals surface area contributed by atoms with Crippen molar-refractivity contribution in [3.63, 3.8) is 0 Å². The fraction of sp³-hybridized carbons (Fsp3) is 0.190. The van der Waals surface area contributed by atoms with E-state index in [1.165, 1.54) is 22.9 Å². The van der Waals surface area contributed by atoms with Gasteiger partial charge in [0.1, 0.15) is 4.32 Å². The van der Waals surface area contributed by atoms with Crippen LogP contribution in [0.5, 0.6) is 11.5 Å². The van der Waals surface area contributed by atoms with E-state index in [0.29, 0.717) is 39.3 Å². The summed E-state index contributed by atoms with van der Waals surface area (Å²) in [5.74, 6) is 0.268. The molecule has 3 heterocycles. The van der Waals surface area contributed by atoms with Gasteiger partial charge in [-0.1, -0.05) is 30.0 Å². The highest BCUT2D eigenvalue weighted by Gasteiger charge is 2.31. The van der Waals surface area contributed by atoms with Gasteiger partial charge in [-0.2, -0.15) is 0 Å². The number of rotatable bonds is 6. The maximum Gasteiger partial charge on any atom is 0.271 e. The number of nitrogens with zero attached hydrogens (tertiary/aromatic N) is 2. The predicted molar refractivity (Wildman–Crippen MR) is 122 cm³/mol. The van der Waals surface area contributed by atoms with Crippen LogP contribution in [0.4, 0.5) is 0 Å². The van der Waals surface area contributed by atoms with Crippen molar-refractivity contribution in [3.8, 4) is 11.5 Å². The maximum absolute atomic E-state index is 12.7. The number of carbonyl (C=O) groups excluding carboxylic acids is 3. The van der Waals surface area contributed by atoms with Gasteiger partial charge in [-0.05, 0) is 42.3 Å². The summed E-state index contributed by atoms with van der Waals surface area (Å²) in [6, 6.07) is 8.64. The molecule has 0 saturated carbocycles. The van der Waals surface area contributed by atoms with Crippen LogP contribution in [-0.2, 0) is 9.59 Å². The molecule has 1 aromatic heterocycles. The molecule has 2 aliphatic rings. The lowest BCUT2D eigenvalue weighted by molar-refractivity contribution is -0.124. The number of carbonyl (C=O) groups is 3. The van der Waals surface area contributed by atoms with Crippen LogP contribution in [-0.4, -0.2) is 45.3 Å². The Morgan fingerprint density at radius 3 is 2.88 bits per heavy atom. The summed E-state index contributed by atoms with van der Waals surface area (Å²) in [5.41, 5.74) is 5.82. The monoisotopic (exact) mass is 470 g/mol. The van der Waals surface area contributed by atoms with Crippen LogP contribution >= 0.6 is 24.0 Å². The van der Waals surface area contributed by atoms with E-state index in [9.17, 15) is 14.4 Å². The van der Waals surface area contributed by atoms with Gasteiger partial charge < -0.3 is 9.47 Å². The van der Waals surface area contributed by atoms with E-state index in [4.69, 9.17) is 21.7 Å². The second kappa shape index (κ2) is 9.79. The zero-order valence-corrected chi connectivity index (χ0v) is 18.3. The lowest BCUT2D eigenvalue weighted by Crippen LogP contribution is -2.42. The molecule has 1 saturated heterocycles. The third-order valence-corrected chi connectivity index (χ3v) is 5.97. The molecule has 0 bridgehead atoms. The van der Waals surface area contributed by atoms with Crippen LogP contribution < -0.4 is 20.3 Å². The highest BCUT2D eigenvalue weighted by atomic mass is 32.2. The number of fused-ring (bicyclic) bond motifs is 1. The van der Waals surface area contributed by atoms with E-state index in [1.807, 2.05) is 6.07 Å². The van der Waals surface area contributed by atoms with Gasteiger partial charge in [-0.3, -0.25) is 35.1 Å². The van der Waals surface area contributed by atoms with E-state index in [1.54, 1.807) is 36.5 Å². The van der Waals surface area contributed by atoms with Crippen molar-refractivity contribution in [2.75, 3.05) is 13.3 Å². The summed E-state index contributed by atoms with van der Waals surface area (Å²) in [7, 11) is 0. The Balaban J connectivity index is 1.26. The molecule has 4 rings (SSSR count). The minimum absolute atomic E-state index is 0.117. The van der Waals surface area contributed by atoms with Crippen molar-refractivity contribution >= 4 is 52.1 Å². The number of benzene rings is 1. The summed E-state index contributed by atoms with van der Waals surface area (Å²) in [6.07, 6.45) is 5.20. The molecule has 2 aliphatic heterocycles. The fourth-order valence-corrected chi connectivity index (χ4v) is 4.31. The zero-order chi connectivity index (χ0) is 22.5. The maximum atomic E-state index is 12.7. The first-order valence-corrected chi connectivity index (χ1v) is 10.9. The van der Waals surface area contributed by atoms with Crippen molar-refractivity contribution in [1.82, 2.24) is 20.7 Å². The number of pyridine rings is 1. The number of amides is 3. The molecule has 0 unspecified atom stereocenters. The first kappa shape index (κ1) is 21.8. The van der Waals surface area contributed by atoms with Crippen molar-refractivity contribution < 1.29 is 23.9 Å². The lowest BCUT2D eigenvalue weighted by Gasteiger charge is -2.14. The molecule has 32 heavy (non-hydrogen) atoms. The van der Waals surface area contributed by atoms with E-state index < -0.39 is 5.91 Å². The number of nitrogens with one attached hydrogen (secondary N) is 2. The van der Waals surface area contributed by atoms with Gasteiger partial charge in [0.25, 0.3) is 11.8 Å². The SMILES string of the molecule is O=C(CCCN1C(=O)C(=Cc2ccc3c(c2)OCO3)SC1=S)NNC(=O)c1cccnc1. The van der Waals surface area contributed by atoms with Crippen LogP contribution in [0.3, 0.4) is 0 Å². The number of ether oxygens (including phenoxy) is 2. The molecule has 2 N–H and O–H groups in total. The molecule has 0 aliphatic carbocycles. The first-order chi connectivity index (χ1) is 15.5. The van der Waals surface area contributed by atoms with Gasteiger partial charge in [0, 0.05) is 25.4 Å². The largest absolute Gasteiger partial charge is 0.454 e. The quantitative estimate of drug-likeness (QED) is 0.376. The summed E-state index contributed by atoms with van der Waals surface area (Å²) in [6.45, 7) is 0.481. The second-order valence-corrected chi connectivity index (χ2v) is 8.47. The molecule has 11 heteroatoms. The predicted octanol–water partition coefficient (Wildman–Crippen LogP) is 2.25. The highest BCUT2D eigenvalue weighted by Crippen LogP contribution is 2.36. The van der Waals surface area contributed by atoms with E-state index in [0.717, 1.165) is 5.56 Å². The Labute approximate surface area is 193 Å². The van der Waals surface area contributed by atoms with Crippen molar-refractivity contribution in [2.45, 2.75) is 12.8 Å². The lowest BCUT2D eigenvalue weighted by atomic mass is 10.2. The Kier molecular flexibility index (Phi) is 6.66. The number of thioether (sulfide) groups is 1. The topological polar surface area (TPSA) is 110 Å². The Bertz CT molecular complexity index is 1110. The van der Waals surface area contributed by atoms with Gasteiger partial charge >= 0.3 is 0 Å². The summed E-state index contributed by atoms with van der Waals surface area (Å²) in [5, 5.41) is 0. The number of aromatic nitrogens is 1. The average Bonchev–Trinajstić information content (AvgIpc) is 3.37. The molecule has 0 atom stereocenters. The second-order valence-electron chi connectivity index (χ2n) is 6.79. The van der Waals surface area contributed by atoms with Crippen LogP contribution in [0, 0.1) is 0 Å². The molecular weight excluding hydrogens is 452 g/mol. The van der Waals surface area contributed by atoms with Crippen LogP contribution in [0.1, 0.15) is 28.8 Å². The number of hydrogen-bond donors (Lipinski definition) is 2. The number of hydrogen-bond acceptors (Lipinski definition) is 8. The van der Waals surface area contributed by atoms with E-state index in [-0.39, 0.29) is 25.0 Å². The summed E-state index contributed by atoms with van der Waals surface area (Å²) < 4.78 is 11.1. The van der Waals surface area contributed by atoms with Gasteiger partial charge in [0.05, 0.1) is 10.5 Å². The fourth-order valence-electron chi connectivity index (χ4n) is 3.00. The zero-order valence-electron chi connectivity index (χ0n) is 16.7. The highest BCUT2D eigenvalue weighted by molar-refractivity contribution is 8.26. The van der Waals surface area contributed by atoms with Gasteiger partial charge in [-0.25, -0.2) is 0 Å². The number of thiocarbonyl (C=S) groups is 1. The third-order valence-electron chi connectivity index (χ3n) is 4.59. The molecule has 164 valence electrons. The molecule has 1 fully saturated rings. The van der Waals surface area contributed by atoms with Crippen molar-refractivity contribution in [3.05, 3.63) is 58.8 Å². The van der Waals surface area contributed by atoms with Crippen LogP contribution in [0.15, 0.2) is 47.6 Å². The normalized spacial score (nSPS) is 15.9. The van der Waals surface area contributed by atoms with Crippen molar-refractivity contribution in [2.24, 2.45) is 0 Å². The molecule has 2 aromatic rings. The molecule has 1 aromatic carbocycles. The van der Waals surface area contributed by atoms with E-state index >= 15 is 0 Å². The van der Waals surface area contributed by atoms with Crippen LogP contribution in [0.25, 0.3) is 6.08 Å². The summed E-state index contributed by atoms with van der Waals surface area (Å²) in [4.78, 5) is 42.5. The minimum Gasteiger partial charge on any atom is -0.454 e. The molecular formula is C21H18N4O5S2. The minimum atomic E-state index is -0.461. The molecule has 3 amide bonds. The van der Waals surface area contributed by atoms with Gasteiger partial charge in [-0.15, -0.1) is 0 Å². The number of hydrazine groups is 1. The average molecular weight is 471 g/mol. The van der Waals surface area contributed by atoms with E-state index in [2.05, 4.69) is 15.8 Å². The third kappa shape index (κ3) is 5.06. The van der Waals surface area contributed by atoms with Gasteiger partial charge in [0.15, 0.2) is 11.5 Å². The Hall–Kier alpha value is -3.44. The Morgan fingerprint density at radius 2 is 2.06 bits per heavy atom. The molecule has 0 spiro atoms. The Morgan fingerprint density at radius 1 is 1.22 bits per heavy atom. The molecule has 9 nitrogen and oxygen atoms in total. The van der Waals surface area contributed by atoms with Crippen LogP contribution in [0.2, 0.25) is 0 Å². The summed E-state index contributed by atoms with van der Waals surface area (Å²) >= 11 is 6.54. The van der Waals surface area contributed by atoms with Gasteiger partial charge in [0.2, 0.25) is 12.7 Å². The molecule has 0 radical (unpaired) electrons.